The standard InChI is InChI=1S/C11H15N3O4/c1-11(9(15)16)4-2-6-14(11)10(17)12-7-8-3-5-13-18-8/h3,5H,2,4,6-7H2,1H3,(H,12,17)(H,15,16). The number of aliphatic carboxylic acids is 1. The van der Waals surface area contributed by atoms with E-state index in [1.807, 2.05) is 0 Å². The van der Waals surface area contributed by atoms with Crippen LogP contribution in [-0.4, -0.2) is 39.2 Å². The normalized spacial score (nSPS) is 23.1. The van der Waals surface area contributed by atoms with E-state index >= 15 is 0 Å². The maximum atomic E-state index is 11.9. The zero-order valence-corrected chi connectivity index (χ0v) is 10.0. The van der Waals surface area contributed by atoms with Crippen molar-refractivity contribution in [1.82, 2.24) is 15.4 Å². The molecule has 7 nitrogen and oxygen atoms in total. The third-order valence-corrected chi connectivity index (χ3v) is 3.25. The minimum absolute atomic E-state index is 0.199. The number of carboxylic acids is 1. The first-order valence-electron chi connectivity index (χ1n) is 5.72. The molecule has 2 rings (SSSR count). The highest BCUT2D eigenvalue weighted by atomic mass is 16.5. The zero-order valence-electron chi connectivity index (χ0n) is 10.0. The first-order chi connectivity index (χ1) is 8.54. The summed E-state index contributed by atoms with van der Waals surface area (Å²) in [6.07, 6.45) is 2.65. The van der Waals surface area contributed by atoms with Crippen LogP contribution >= 0.6 is 0 Å². The molecule has 0 aliphatic carbocycles. The van der Waals surface area contributed by atoms with Gasteiger partial charge >= 0.3 is 12.0 Å². The van der Waals surface area contributed by atoms with Gasteiger partial charge in [0.25, 0.3) is 0 Å². The molecular formula is C11H15N3O4. The molecule has 98 valence electrons. The number of nitrogens with one attached hydrogen (secondary N) is 1. The van der Waals surface area contributed by atoms with E-state index in [1.165, 1.54) is 11.1 Å². The van der Waals surface area contributed by atoms with E-state index in [1.54, 1.807) is 13.0 Å². The molecule has 7 heteroatoms. The third-order valence-electron chi connectivity index (χ3n) is 3.25. The zero-order chi connectivity index (χ0) is 13.2. The van der Waals surface area contributed by atoms with Gasteiger partial charge in [-0.1, -0.05) is 5.16 Å². The van der Waals surface area contributed by atoms with Gasteiger partial charge in [0.15, 0.2) is 5.76 Å². The fourth-order valence-corrected chi connectivity index (χ4v) is 2.10. The molecule has 1 aromatic rings. The van der Waals surface area contributed by atoms with Crippen molar-refractivity contribution < 1.29 is 19.2 Å². The highest BCUT2D eigenvalue weighted by molar-refractivity contribution is 5.86. The Hall–Kier alpha value is -2.05. The first-order valence-corrected chi connectivity index (χ1v) is 5.72. The maximum Gasteiger partial charge on any atom is 0.329 e. The number of carboxylic acid groups (broad SMARTS) is 1. The van der Waals surface area contributed by atoms with Crippen LogP contribution in [-0.2, 0) is 11.3 Å². The summed E-state index contributed by atoms with van der Waals surface area (Å²) >= 11 is 0. The fraction of sp³-hybridized carbons (Fsp3) is 0.545. The lowest BCUT2D eigenvalue weighted by molar-refractivity contribution is -0.147. The van der Waals surface area contributed by atoms with Crippen molar-refractivity contribution in [2.45, 2.75) is 31.8 Å². The van der Waals surface area contributed by atoms with Crippen molar-refractivity contribution in [3.05, 3.63) is 18.0 Å². The molecular weight excluding hydrogens is 238 g/mol. The number of hydrogen-bond donors (Lipinski definition) is 2. The minimum Gasteiger partial charge on any atom is -0.480 e. The molecule has 2 N–H and O–H groups in total. The molecule has 1 aliphatic rings. The molecule has 2 amide bonds. The van der Waals surface area contributed by atoms with E-state index in [9.17, 15) is 14.7 Å². The van der Waals surface area contributed by atoms with Crippen LogP contribution in [0.1, 0.15) is 25.5 Å². The van der Waals surface area contributed by atoms with Gasteiger partial charge in [-0.15, -0.1) is 0 Å². The molecule has 1 aromatic heterocycles. The Labute approximate surface area is 104 Å². The first kappa shape index (κ1) is 12.4. The van der Waals surface area contributed by atoms with Crippen molar-refractivity contribution in [3.63, 3.8) is 0 Å². The molecule has 2 heterocycles. The van der Waals surface area contributed by atoms with Crippen LogP contribution < -0.4 is 5.32 Å². The predicted molar refractivity (Wildman–Crippen MR) is 60.7 cm³/mol. The Morgan fingerprint density at radius 1 is 1.67 bits per heavy atom. The number of carbonyl (C=O) groups is 2. The monoisotopic (exact) mass is 253 g/mol. The van der Waals surface area contributed by atoms with Gasteiger partial charge in [0.05, 0.1) is 12.7 Å². The lowest BCUT2D eigenvalue weighted by Crippen LogP contribution is -2.53. The minimum atomic E-state index is -1.12. The SMILES string of the molecule is CC1(C(=O)O)CCCN1C(=O)NCc1ccno1. The smallest absolute Gasteiger partial charge is 0.329 e. The summed E-state index contributed by atoms with van der Waals surface area (Å²) in [5, 5.41) is 15.3. The summed E-state index contributed by atoms with van der Waals surface area (Å²) in [7, 11) is 0. The van der Waals surface area contributed by atoms with Crippen molar-refractivity contribution in [2.75, 3.05) is 6.54 Å². The average Bonchev–Trinajstić information content (AvgIpc) is 2.95. The number of carbonyl (C=O) groups excluding carboxylic acids is 1. The van der Waals surface area contributed by atoms with Gasteiger partial charge in [-0.25, -0.2) is 9.59 Å². The summed E-state index contributed by atoms with van der Waals surface area (Å²) in [5.41, 5.74) is -1.12. The van der Waals surface area contributed by atoms with Crippen LogP contribution in [0.15, 0.2) is 16.8 Å². The van der Waals surface area contributed by atoms with Gasteiger partial charge in [0.1, 0.15) is 5.54 Å². The van der Waals surface area contributed by atoms with E-state index in [0.29, 0.717) is 25.1 Å². The average molecular weight is 253 g/mol. The van der Waals surface area contributed by atoms with Gasteiger partial charge in [-0.05, 0) is 19.8 Å². The number of hydrogen-bond acceptors (Lipinski definition) is 4. The number of amides is 2. The predicted octanol–water partition coefficient (Wildman–Crippen LogP) is 0.823. The molecule has 1 fully saturated rings. The van der Waals surface area contributed by atoms with E-state index in [4.69, 9.17) is 4.52 Å². The van der Waals surface area contributed by atoms with Gasteiger partial charge in [-0.2, -0.15) is 0 Å². The van der Waals surface area contributed by atoms with Gasteiger partial charge < -0.3 is 19.8 Å². The summed E-state index contributed by atoms with van der Waals surface area (Å²) in [5.74, 6) is -0.450. The Morgan fingerprint density at radius 3 is 3.06 bits per heavy atom. The number of likely N-dealkylation sites (tertiary alicyclic amines) is 1. The maximum absolute atomic E-state index is 11.9. The quantitative estimate of drug-likeness (QED) is 0.831. The Balaban J connectivity index is 1.98. The van der Waals surface area contributed by atoms with Crippen LogP contribution in [0.4, 0.5) is 4.79 Å². The lowest BCUT2D eigenvalue weighted by Gasteiger charge is -2.31. The molecule has 0 radical (unpaired) electrons. The molecule has 0 spiro atoms. The van der Waals surface area contributed by atoms with E-state index in [0.717, 1.165) is 0 Å². The van der Waals surface area contributed by atoms with Crippen LogP contribution in [0.3, 0.4) is 0 Å². The second-order valence-corrected chi connectivity index (χ2v) is 4.47. The second kappa shape index (κ2) is 4.67. The summed E-state index contributed by atoms with van der Waals surface area (Å²) < 4.78 is 4.85. The van der Waals surface area contributed by atoms with Gasteiger partial charge in [-0.3, -0.25) is 0 Å². The molecule has 1 atom stereocenters. The molecule has 1 unspecified atom stereocenters. The van der Waals surface area contributed by atoms with Crippen molar-refractivity contribution >= 4 is 12.0 Å². The Kier molecular flexibility index (Phi) is 3.22. The van der Waals surface area contributed by atoms with E-state index in [-0.39, 0.29) is 6.54 Å². The third kappa shape index (κ3) is 2.15. The van der Waals surface area contributed by atoms with Crippen molar-refractivity contribution in [3.8, 4) is 0 Å². The van der Waals surface area contributed by atoms with Crippen molar-refractivity contribution in [2.24, 2.45) is 0 Å². The van der Waals surface area contributed by atoms with Crippen LogP contribution in [0, 0.1) is 0 Å². The Morgan fingerprint density at radius 2 is 2.44 bits per heavy atom. The molecule has 18 heavy (non-hydrogen) atoms. The summed E-state index contributed by atoms with van der Waals surface area (Å²) in [6, 6.07) is 1.24. The van der Waals surface area contributed by atoms with Crippen molar-refractivity contribution in [1.29, 1.82) is 0 Å². The van der Waals surface area contributed by atoms with Crippen LogP contribution in [0.2, 0.25) is 0 Å². The molecule has 0 saturated carbocycles. The highest BCUT2D eigenvalue weighted by Crippen LogP contribution is 2.29. The molecule has 1 aliphatic heterocycles. The lowest BCUT2D eigenvalue weighted by atomic mass is 10.00. The number of nitrogens with zero attached hydrogens (tertiary/aromatic N) is 2. The Bertz CT molecular complexity index is 445. The fourth-order valence-electron chi connectivity index (χ4n) is 2.10. The summed E-state index contributed by atoms with van der Waals surface area (Å²) in [4.78, 5) is 24.5. The van der Waals surface area contributed by atoms with E-state index in [2.05, 4.69) is 10.5 Å². The number of rotatable bonds is 3. The molecule has 1 saturated heterocycles. The largest absolute Gasteiger partial charge is 0.480 e. The second-order valence-electron chi connectivity index (χ2n) is 4.47. The van der Waals surface area contributed by atoms with Crippen LogP contribution in [0.25, 0.3) is 0 Å². The van der Waals surface area contributed by atoms with E-state index < -0.39 is 17.5 Å². The number of urea groups is 1. The summed E-state index contributed by atoms with van der Waals surface area (Å²) in [6.45, 7) is 2.21. The highest BCUT2D eigenvalue weighted by Gasteiger charge is 2.45. The van der Waals surface area contributed by atoms with Crippen LogP contribution in [0.5, 0.6) is 0 Å². The number of aromatic nitrogens is 1. The van der Waals surface area contributed by atoms with Gasteiger partial charge in [0, 0.05) is 12.6 Å². The van der Waals surface area contributed by atoms with Gasteiger partial charge in [0.2, 0.25) is 0 Å². The molecule has 0 aromatic carbocycles. The topological polar surface area (TPSA) is 95.7 Å². The molecule has 0 bridgehead atoms.